The van der Waals surface area contributed by atoms with E-state index in [4.69, 9.17) is 0 Å². The van der Waals surface area contributed by atoms with Crippen molar-refractivity contribution in [3.05, 3.63) is 53.1 Å². The van der Waals surface area contributed by atoms with Gasteiger partial charge in [-0.15, -0.1) is 0 Å². The zero-order valence-corrected chi connectivity index (χ0v) is 19.2. The first kappa shape index (κ1) is 23.0. The van der Waals surface area contributed by atoms with E-state index in [1.54, 1.807) is 12.1 Å². The Hall–Kier alpha value is -0.0200. The number of hydrogen-bond donors (Lipinski definition) is 3. The molecule has 0 spiro atoms. The monoisotopic (exact) mass is 339 g/mol. The predicted molar refractivity (Wildman–Crippen MR) is 89.6 cm³/mol. The molecule has 2 aromatic carbocycles. The normalized spacial score (nSPS) is 9.39. The number of rotatable bonds is 1. The molecule has 3 aromatic rings. The Morgan fingerprint density at radius 1 is 0.870 bits per heavy atom. The first-order valence-electron chi connectivity index (χ1n) is 5.79. The first-order valence-corrected chi connectivity index (χ1v) is 5.79. The average molecular weight is 339 g/mol. The number of benzene rings is 2. The van der Waals surface area contributed by atoms with Crippen LogP contribution in [0.2, 0.25) is 0 Å². The summed E-state index contributed by atoms with van der Waals surface area (Å²) in [5.41, 5.74) is 0.260. The average Bonchev–Trinajstić information content (AvgIpc) is 2.39. The minimum Gasteiger partial charge on any atom is -0.508 e. The molecule has 0 unspecified atom stereocenters. The molecule has 3 radical (unpaired) electrons. The van der Waals surface area contributed by atoms with Crippen molar-refractivity contribution in [3.63, 3.8) is 0 Å². The molecule has 3 rings (SSSR count). The van der Waals surface area contributed by atoms with Gasteiger partial charge in [0.1, 0.15) is 29.0 Å². The van der Waals surface area contributed by atoms with E-state index in [-0.39, 0.29) is 117 Å². The summed E-state index contributed by atoms with van der Waals surface area (Å²) < 4.78 is 1.25. The molecule has 1 aromatic heterocycles. The predicted octanol–water partition coefficient (Wildman–Crippen LogP) is 0.360. The van der Waals surface area contributed by atoms with E-state index in [1.807, 2.05) is 0 Å². The summed E-state index contributed by atoms with van der Waals surface area (Å²) in [6.45, 7) is 0. The summed E-state index contributed by atoms with van der Waals surface area (Å²) in [4.78, 5) is 16.4. The van der Waals surface area contributed by atoms with Gasteiger partial charge in [-0.1, -0.05) is 0 Å². The Balaban J connectivity index is 0.00000161. The number of phenols is 3. The standard InChI is InChI=1S/C14H10N2O4.3Na/c17-9-3-1-8(2-4-9)16-7-15-11-5-10(18)6-12(19)13(11)14(16)20;;;/h1-7,17-19H;;;. The van der Waals surface area contributed by atoms with Gasteiger partial charge in [-0.25, -0.2) is 4.98 Å². The van der Waals surface area contributed by atoms with E-state index in [0.717, 1.165) is 6.07 Å². The van der Waals surface area contributed by atoms with Crippen LogP contribution in [0.5, 0.6) is 17.2 Å². The number of hydrogen-bond acceptors (Lipinski definition) is 5. The molecular weight excluding hydrogens is 329 g/mol. The van der Waals surface area contributed by atoms with Crippen LogP contribution < -0.4 is 5.56 Å². The van der Waals surface area contributed by atoms with Gasteiger partial charge in [-0.3, -0.25) is 9.36 Å². The molecule has 3 N–H and O–H groups in total. The van der Waals surface area contributed by atoms with Gasteiger partial charge in [0.15, 0.2) is 0 Å². The van der Waals surface area contributed by atoms with Crippen LogP contribution in [0.25, 0.3) is 16.6 Å². The van der Waals surface area contributed by atoms with Crippen molar-refractivity contribution >= 4 is 99.6 Å². The zero-order valence-electron chi connectivity index (χ0n) is 13.2. The van der Waals surface area contributed by atoms with Gasteiger partial charge in [-0.2, -0.15) is 0 Å². The summed E-state index contributed by atoms with van der Waals surface area (Å²) in [5.74, 6) is -0.404. The van der Waals surface area contributed by atoms with Gasteiger partial charge < -0.3 is 15.3 Å². The second-order valence-electron chi connectivity index (χ2n) is 4.30. The Bertz CT molecular complexity index is 866. The van der Waals surface area contributed by atoms with Gasteiger partial charge in [0, 0.05) is 101 Å². The number of aromatic nitrogens is 2. The topological polar surface area (TPSA) is 95.6 Å². The van der Waals surface area contributed by atoms with Gasteiger partial charge in [0.25, 0.3) is 5.56 Å². The Morgan fingerprint density at radius 3 is 2.09 bits per heavy atom. The van der Waals surface area contributed by atoms with Crippen LogP contribution in [0, 0.1) is 0 Å². The number of phenolic OH excluding ortho intramolecular Hbond substituents is 3. The summed E-state index contributed by atoms with van der Waals surface area (Å²) in [6.07, 6.45) is 1.30. The van der Waals surface area contributed by atoms with Crippen molar-refractivity contribution < 1.29 is 15.3 Å². The summed E-state index contributed by atoms with van der Waals surface area (Å²) in [7, 11) is 0. The maximum atomic E-state index is 12.4. The quantitative estimate of drug-likeness (QED) is 0.557. The molecule has 0 fully saturated rings. The number of fused-ring (bicyclic) bond motifs is 1. The number of aromatic hydroxyl groups is 3. The maximum Gasteiger partial charge on any atom is 0.269 e. The molecule has 1 heterocycles. The maximum absolute atomic E-state index is 12.4. The molecule has 0 aliphatic heterocycles. The van der Waals surface area contributed by atoms with Gasteiger partial charge >= 0.3 is 0 Å². The fourth-order valence-electron chi connectivity index (χ4n) is 2.01. The Kier molecular flexibility index (Phi) is 9.45. The first-order chi connectivity index (χ1) is 9.56. The van der Waals surface area contributed by atoms with E-state index in [2.05, 4.69) is 4.98 Å². The third kappa shape index (κ3) is 4.75. The molecule has 0 aliphatic carbocycles. The SMILES string of the molecule is O=c1c2c(O)cc(O)cc2ncn1-c1ccc(O)cc1.[Na].[Na].[Na]. The van der Waals surface area contributed by atoms with Crippen molar-refractivity contribution in [3.8, 4) is 22.9 Å². The fraction of sp³-hybridized carbons (Fsp3) is 0. The summed E-state index contributed by atoms with van der Waals surface area (Å²) >= 11 is 0. The minimum absolute atomic E-state index is 0. The van der Waals surface area contributed by atoms with E-state index in [0.29, 0.717) is 5.69 Å². The fourth-order valence-corrected chi connectivity index (χ4v) is 2.01. The second kappa shape index (κ2) is 9.46. The van der Waals surface area contributed by atoms with Crippen molar-refractivity contribution in [2.75, 3.05) is 0 Å². The van der Waals surface area contributed by atoms with Crippen molar-refractivity contribution in [1.82, 2.24) is 9.55 Å². The third-order valence-corrected chi connectivity index (χ3v) is 2.95. The van der Waals surface area contributed by atoms with Gasteiger partial charge in [-0.05, 0) is 24.3 Å². The molecule has 6 nitrogen and oxygen atoms in total. The van der Waals surface area contributed by atoms with E-state index < -0.39 is 5.56 Å². The Labute approximate surface area is 198 Å². The van der Waals surface area contributed by atoms with Crippen LogP contribution in [0.4, 0.5) is 0 Å². The summed E-state index contributed by atoms with van der Waals surface area (Å²) in [6, 6.07) is 8.40. The molecule has 9 heteroatoms. The molecule has 0 saturated carbocycles. The zero-order chi connectivity index (χ0) is 14.3. The largest absolute Gasteiger partial charge is 0.508 e. The molecule has 0 saturated heterocycles. The smallest absolute Gasteiger partial charge is 0.269 e. The number of nitrogens with zero attached hydrogens (tertiary/aromatic N) is 2. The van der Waals surface area contributed by atoms with Crippen LogP contribution in [-0.4, -0.2) is 114 Å². The van der Waals surface area contributed by atoms with Crippen LogP contribution in [0.3, 0.4) is 0 Å². The van der Waals surface area contributed by atoms with Crippen LogP contribution in [0.1, 0.15) is 0 Å². The van der Waals surface area contributed by atoms with Crippen LogP contribution in [-0.2, 0) is 0 Å². The van der Waals surface area contributed by atoms with Crippen molar-refractivity contribution in [2.24, 2.45) is 0 Å². The third-order valence-electron chi connectivity index (χ3n) is 2.95. The molecule has 0 bridgehead atoms. The van der Waals surface area contributed by atoms with Crippen LogP contribution in [0.15, 0.2) is 47.5 Å². The molecule has 0 atom stereocenters. The van der Waals surface area contributed by atoms with E-state index >= 15 is 0 Å². The van der Waals surface area contributed by atoms with Crippen molar-refractivity contribution in [1.29, 1.82) is 0 Å². The van der Waals surface area contributed by atoms with E-state index in [9.17, 15) is 20.1 Å². The van der Waals surface area contributed by atoms with Crippen LogP contribution >= 0.6 is 0 Å². The molecule has 0 aliphatic rings. The van der Waals surface area contributed by atoms with Crippen molar-refractivity contribution in [2.45, 2.75) is 0 Å². The van der Waals surface area contributed by atoms with Gasteiger partial charge in [0.05, 0.1) is 11.2 Å². The van der Waals surface area contributed by atoms with E-state index in [1.165, 1.54) is 29.1 Å². The summed E-state index contributed by atoms with van der Waals surface area (Å²) in [5, 5.41) is 28.5. The molecule has 23 heavy (non-hydrogen) atoms. The minimum atomic E-state index is -0.460. The molecule has 0 amide bonds. The second-order valence-corrected chi connectivity index (χ2v) is 4.30. The molecular formula is C14H10N2Na3O4. The Morgan fingerprint density at radius 2 is 1.48 bits per heavy atom. The molecule has 103 valence electrons. The van der Waals surface area contributed by atoms with Gasteiger partial charge in [0.2, 0.25) is 0 Å².